The van der Waals surface area contributed by atoms with Gasteiger partial charge in [0.25, 0.3) is 5.91 Å². The van der Waals surface area contributed by atoms with E-state index in [1.807, 2.05) is 30.3 Å². The summed E-state index contributed by atoms with van der Waals surface area (Å²) in [6, 6.07) is 14.1. The number of pyridine rings is 1. The van der Waals surface area contributed by atoms with Gasteiger partial charge in [-0.25, -0.2) is 4.98 Å². The van der Waals surface area contributed by atoms with E-state index >= 15 is 0 Å². The number of H-pyrrole nitrogens is 1. The summed E-state index contributed by atoms with van der Waals surface area (Å²) in [6.07, 6.45) is 0.413. The first kappa shape index (κ1) is 18.4. The number of rotatable bonds is 6. The first-order chi connectivity index (χ1) is 13.0. The Labute approximate surface area is 157 Å². The minimum atomic E-state index is -0.663. The van der Waals surface area contributed by atoms with Crippen LogP contribution in [0.15, 0.2) is 48.5 Å². The quantitative estimate of drug-likeness (QED) is 0.699. The molecule has 1 aromatic carbocycles. The molecule has 27 heavy (non-hydrogen) atoms. The van der Waals surface area contributed by atoms with Gasteiger partial charge in [0.15, 0.2) is 0 Å². The molecule has 7 nitrogen and oxygen atoms in total. The molecule has 0 aliphatic heterocycles. The summed E-state index contributed by atoms with van der Waals surface area (Å²) in [4.78, 5) is 34.1. The predicted octanol–water partition coefficient (Wildman–Crippen LogP) is 2.00. The molecule has 2 aromatic heterocycles. The van der Waals surface area contributed by atoms with Crippen LogP contribution in [0.4, 0.5) is 0 Å². The number of carbonyl (C=O) groups excluding carboxylic acids is 2. The maximum atomic E-state index is 12.7. The van der Waals surface area contributed by atoms with Crippen molar-refractivity contribution in [3.63, 3.8) is 0 Å². The lowest BCUT2D eigenvalue weighted by Crippen LogP contribution is -2.47. The molecule has 0 bridgehead atoms. The molecule has 0 radical (unpaired) electrons. The van der Waals surface area contributed by atoms with Gasteiger partial charge in [-0.3, -0.25) is 9.59 Å². The monoisotopic (exact) mass is 366 g/mol. The fourth-order valence-corrected chi connectivity index (χ4v) is 2.82. The number of carbonyl (C=O) groups is 2. The Hall–Kier alpha value is -3.35. The number of nitrogens with zero attached hydrogens (tertiary/aromatic N) is 2. The topological polar surface area (TPSA) is 87.3 Å². The van der Waals surface area contributed by atoms with Crippen molar-refractivity contribution in [2.45, 2.75) is 12.5 Å². The van der Waals surface area contributed by atoms with Crippen LogP contribution >= 0.6 is 0 Å². The highest BCUT2D eigenvalue weighted by Gasteiger charge is 2.24. The van der Waals surface area contributed by atoms with Gasteiger partial charge in [-0.05, 0) is 17.7 Å². The molecule has 1 atom stereocenters. The summed E-state index contributed by atoms with van der Waals surface area (Å²) in [7, 11) is 4.88. The predicted molar refractivity (Wildman–Crippen MR) is 103 cm³/mol. The van der Waals surface area contributed by atoms with E-state index in [4.69, 9.17) is 4.74 Å². The molecule has 0 saturated carbocycles. The summed E-state index contributed by atoms with van der Waals surface area (Å²) in [5.74, 6) is -0.0515. The van der Waals surface area contributed by atoms with Crippen molar-refractivity contribution in [2.75, 3.05) is 21.2 Å². The van der Waals surface area contributed by atoms with Gasteiger partial charge < -0.3 is 19.9 Å². The van der Waals surface area contributed by atoms with Crippen LogP contribution in [0, 0.1) is 0 Å². The van der Waals surface area contributed by atoms with E-state index in [1.54, 1.807) is 32.3 Å². The maximum Gasteiger partial charge on any atom is 0.268 e. The molecule has 2 N–H and O–H groups in total. The number of aromatic amines is 1. The van der Waals surface area contributed by atoms with E-state index in [0.29, 0.717) is 23.5 Å². The minimum Gasteiger partial charge on any atom is -0.481 e. The molecule has 0 saturated heterocycles. The molecule has 3 rings (SSSR count). The molecule has 140 valence electrons. The van der Waals surface area contributed by atoms with Crippen LogP contribution < -0.4 is 10.1 Å². The number of aromatic nitrogens is 2. The molecule has 7 heteroatoms. The maximum absolute atomic E-state index is 12.7. The smallest absolute Gasteiger partial charge is 0.268 e. The molecule has 3 aromatic rings. The molecular weight excluding hydrogens is 344 g/mol. The first-order valence-electron chi connectivity index (χ1n) is 8.57. The van der Waals surface area contributed by atoms with Crippen molar-refractivity contribution in [2.24, 2.45) is 0 Å². The third-order valence-corrected chi connectivity index (χ3v) is 4.23. The lowest BCUT2D eigenvalue weighted by molar-refractivity contribution is -0.130. The number of ether oxygens (including phenoxy) is 1. The van der Waals surface area contributed by atoms with Gasteiger partial charge in [-0.1, -0.05) is 30.3 Å². The Bertz CT molecular complexity index is 950. The fourth-order valence-electron chi connectivity index (χ4n) is 2.82. The van der Waals surface area contributed by atoms with Crippen molar-refractivity contribution < 1.29 is 14.3 Å². The summed E-state index contributed by atoms with van der Waals surface area (Å²) < 4.78 is 5.11. The highest BCUT2D eigenvalue weighted by atomic mass is 16.5. The molecule has 0 fully saturated rings. The summed E-state index contributed by atoms with van der Waals surface area (Å²) in [6.45, 7) is 0. The summed E-state index contributed by atoms with van der Waals surface area (Å²) in [5.41, 5.74) is 2.66. The molecule has 2 heterocycles. The zero-order valence-corrected chi connectivity index (χ0v) is 15.5. The lowest BCUT2D eigenvalue weighted by atomic mass is 10.0. The Morgan fingerprint density at radius 2 is 1.93 bits per heavy atom. The average molecular weight is 366 g/mol. The number of likely N-dealkylation sites (N-methyl/N-ethyl adjacent to an activating group) is 1. The van der Waals surface area contributed by atoms with Gasteiger partial charge in [-0.2, -0.15) is 0 Å². The molecule has 0 unspecified atom stereocenters. The van der Waals surface area contributed by atoms with Gasteiger partial charge in [-0.15, -0.1) is 0 Å². The molecule has 0 spiro atoms. The van der Waals surface area contributed by atoms with Crippen LogP contribution in [-0.4, -0.2) is 53.9 Å². The molecular formula is C20H22N4O3. The van der Waals surface area contributed by atoms with Crippen molar-refractivity contribution in [3.05, 3.63) is 59.8 Å². The Morgan fingerprint density at radius 3 is 2.59 bits per heavy atom. The standard InChI is InChI=1S/C20H22N4O3/c1-24(2)20(26)17(11-13-7-5-4-6-8-13)23-19(25)16-12-15-14(21-16)9-10-18(22-15)27-3/h4-10,12,17,21H,11H2,1-3H3,(H,23,25)/t17-/m0/s1. The number of benzene rings is 1. The Morgan fingerprint density at radius 1 is 1.19 bits per heavy atom. The first-order valence-corrected chi connectivity index (χ1v) is 8.57. The van der Waals surface area contributed by atoms with E-state index in [1.165, 1.54) is 12.0 Å². The third kappa shape index (κ3) is 4.25. The largest absolute Gasteiger partial charge is 0.481 e. The van der Waals surface area contributed by atoms with Gasteiger partial charge in [0, 0.05) is 26.6 Å². The third-order valence-electron chi connectivity index (χ3n) is 4.23. The zero-order chi connectivity index (χ0) is 19.4. The van der Waals surface area contributed by atoms with Crippen molar-refractivity contribution in [3.8, 4) is 5.88 Å². The van der Waals surface area contributed by atoms with Crippen molar-refractivity contribution >= 4 is 22.8 Å². The van der Waals surface area contributed by atoms with E-state index in [9.17, 15) is 9.59 Å². The number of hydrogen-bond donors (Lipinski definition) is 2. The minimum absolute atomic E-state index is 0.164. The van der Waals surface area contributed by atoms with Crippen LogP contribution in [0.1, 0.15) is 16.1 Å². The molecule has 2 amide bonds. The number of fused-ring (bicyclic) bond motifs is 1. The highest BCUT2D eigenvalue weighted by Crippen LogP contribution is 2.17. The van der Waals surface area contributed by atoms with Crippen LogP contribution in [0.3, 0.4) is 0 Å². The van der Waals surface area contributed by atoms with Crippen LogP contribution in [-0.2, 0) is 11.2 Å². The van der Waals surface area contributed by atoms with E-state index in [0.717, 1.165) is 11.1 Å². The number of amides is 2. The Kier molecular flexibility index (Phi) is 5.40. The van der Waals surface area contributed by atoms with Crippen molar-refractivity contribution in [1.29, 1.82) is 0 Å². The second kappa shape index (κ2) is 7.90. The van der Waals surface area contributed by atoms with E-state index < -0.39 is 6.04 Å². The summed E-state index contributed by atoms with van der Waals surface area (Å²) >= 11 is 0. The number of nitrogens with one attached hydrogen (secondary N) is 2. The molecule has 0 aliphatic rings. The van der Waals surface area contributed by atoms with Gasteiger partial charge in [0.1, 0.15) is 11.7 Å². The van der Waals surface area contributed by atoms with Gasteiger partial charge in [0.05, 0.1) is 18.1 Å². The zero-order valence-electron chi connectivity index (χ0n) is 15.5. The Balaban J connectivity index is 1.82. The van der Waals surface area contributed by atoms with E-state index in [-0.39, 0.29) is 11.8 Å². The second-order valence-corrected chi connectivity index (χ2v) is 6.42. The summed E-state index contributed by atoms with van der Waals surface area (Å²) in [5, 5.41) is 2.83. The van der Waals surface area contributed by atoms with Gasteiger partial charge >= 0.3 is 0 Å². The van der Waals surface area contributed by atoms with Crippen LogP contribution in [0.25, 0.3) is 11.0 Å². The van der Waals surface area contributed by atoms with Crippen molar-refractivity contribution in [1.82, 2.24) is 20.2 Å². The second-order valence-electron chi connectivity index (χ2n) is 6.42. The average Bonchev–Trinajstić information content (AvgIpc) is 3.10. The van der Waals surface area contributed by atoms with Gasteiger partial charge in [0.2, 0.25) is 11.8 Å². The fraction of sp³-hybridized carbons (Fsp3) is 0.250. The van der Waals surface area contributed by atoms with Crippen LogP contribution in [0.2, 0.25) is 0 Å². The number of hydrogen-bond acceptors (Lipinski definition) is 4. The number of methoxy groups -OCH3 is 1. The van der Waals surface area contributed by atoms with Crippen LogP contribution in [0.5, 0.6) is 5.88 Å². The normalized spacial score (nSPS) is 11.8. The van der Waals surface area contributed by atoms with E-state index in [2.05, 4.69) is 15.3 Å². The lowest BCUT2D eigenvalue weighted by Gasteiger charge is -2.21. The molecule has 0 aliphatic carbocycles. The highest BCUT2D eigenvalue weighted by molar-refractivity contribution is 5.99. The SMILES string of the molecule is COc1ccc2[nH]c(C(=O)N[C@@H](Cc3ccccc3)C(=O)N(C)C)cc2n1.